The van der Waals surface area contributed by atoms with Crippen LogP contribution >= 0.6 is 0 Å². The second-order valence-electron chi connectivity index (χ2n) is 5.65. The number of aromatic carboxylic acids is 1. The summed E-state index contributed by atoms with van der Waals surface area (Å²) >= 11 is 0. The van der Waals surface area contributed by atoms with E-state index < -0.39 is 11.9 Å². The molecule has 132 valence electrons. The molecule has 0 saturated carbocycles. The van der Waals surface area contributed by atoms with Crippen molar-refractivity contribution in [2.24, 2.45) is 4.99 Å². The lowest BCUT2D eigenvalue weighted by Gasteiger charge is -2.03. The van der Waals surface area contributed by atoms with Crippen LogP contribution < -0.4 is 0 Å². The molecule has 0 aliphatic carbocycles. The van der Waals surface area contributed by atoms with Crippen molar-refractivity contribution >= 4 is 34.2 Å². The Labute approximate surface area is 148 Å². The Kier molecular flexibility index (Phi) is 4.45. The largest absolute Gasteiger partial charge is 0.494 e. The molecule has 3 rings (SSSR count). The number of aromatic amines is 1. The number of methoxy groups -OCH3 is 1. The Morgan fingerprint density at radius 3 is 2.35 bits per heavy atom. The molecule has 3 N–H and O–H groups in total. The monoisotopic (exact) mass is 352 g/mol. The van der Waals surface area contributed by atoms with Gasteiger partial charge in [-0.15, -0.1) is 0 Å². The highest BCUT2D eigenvalue weighted by molar-refractivity contribution is 6.13. The summed E-state index contributed by atoms with van der Waals surface area (Å²) in [5.41, 5.74) is 2.70. The van der Waals surface area contributed by atoms with Crippen LogP contribution in [0, 0.1) is 0 Å². The molecule has 3 aromatic rings. The van der Waals surface area contributed by atoms with E-state index in [1.165, 1.54) is 19.2 Å². The second kappa shape index (κ2) is 6.72. The number of nitrogens with zero attached hydrogens (tertiary/aromatic N) is 1. The number of H-pyrrole nitrogens is 1. The summed E-state index contributed by atoms with van der Waals surface area (Å²) in [7, 11) is 1.30. The van der Waals surface area contributed by atoms with Crippen LogP contribution in [0.2, 0.25) is 0 Å². The molecule has 0 amide bonds. The van der Waals surface area contributed by atoms with E-state index in [9.17, 15) is 14.7 Å². The molecule has 0 bridgehead atoms. The van der Waals surface area contributed by atoms with Crippen molar-refractivity contribution in [3.05, 3.63) is 59.2 Å². The molecule has 0 fully saturated rings. The maximum Gasteiger partial charge on any atom is 0.337 e. The molecule has 7 nitrogen and oxygen atoms in total. The van der Waals surface area contributed by atoms with E-state index in [2.05, 4.69) is 9.98 Å². The van der Waals surface area contributed by atoms with Crippen molar-refractivity contribution in [3.8, 4) is 5.88 Å². The standard InChI is InChI=1S/C19H16N2O5/c1-10(20-13-6-3-11(4-7-13)18(23)24)16-14-9-12(19(25)26-2)5-8-15(14)21-17(16)22/h3-9,21-22H,1-2H3,(H,23,24). The van der Waals surface area contributed by atoms with E-state index in [0.29, 0.717) is 33.4 Å². The maximum atomic E-state index is 11.7. The average molecular weight is 352 g/mol. The summed E-state index contributed by atoms with van der Waals surface area (Å²) in [6, 6.07) is 11.0. The van der Waals surface area contributed by atoms with Gasteiger partial charge in [-0.2, -0.15) is 0 Å². The van der Waals surface area contributed by atoms with E-state index in [1.807, 2.05) is 0 Å². The molecule has 0 aliphatic heterocycles. The minimum Gasteiger partial charge on any atom is -0.494 e. The third kappa shape index (κ3) is 3.14. The van der Waals surface area contributed by atoms with Crippen molar-refractivity contribution in [2.75, 3.05) is 7.11 Å². The molecular formula is C19H16N2O5. The van der Waals surface area contributed by atoms with Gasteiger partial charge in [0.1, 0.15) is 0 Å². The summed E-state index contributed by atoms with van der Waals surface area (Å²) in [6.45, 7) is 1.72. The van der Waals surface area contributed by atoms with Crippen LogP contribution in [-0.4, -0.2) is 40.0 Å². The number of hydrogen-bond acceptors (Lipinski definition) is 5. The molecule has 26 heavy (non-hydrogen) atoms. The minimum atomic E-state index is -1.01. The normalized spacial score (nSPS) is 11.5. The number of benzene rings is 2. The predicted molar refractivity (Wildman–Crippen MR) is 96.6 cm³/mol. The first-order valence-corrected chi connectivity index (χ1v) is 7.72. The van der Waals surface area contributed by atoms with Gasteiger partial charge >= 0.3 is 11.9 Å². The van der Waals surface area contributed by atoms with Gasteiger partial charge in [-0.05, 0) is 49.4 Å². The van der Waals surface area contributed by atoms with Crippen molar-refractivity contribution in [2.45, 2.75) is 6.92 Å². The molecule has 0 spiro atoms. The van der Waals surface area contributed by atoms with Gasteiger partial charge in [0, 0.05) is 10.9 Å². The Morgan fingerprint density at radius 2 is 1.73 bits per heavy atom. The number of aromatic hydroxyl groups is 1. The van der Waals surface area contributed by atoms with E-state index >= 15 is 0 Å². The molecule has 7 heteroatoms. The number of aliphatic imine (C=N–C) groups is 1. The number of carbonyl (C=O) groups is 2. The van der Waals surface area contributed by atoms with E-state index in [-0.39, 0.29) is 11.4 Å². The topological polar surface area (TPSA) is 112 Å². The zero-order valence-corrected chi connectivity index (χ0v) is 14.1. The Hall–Kier alpha value is -3.61. The van der Waals surface area contributed by atoms with Crippen LogP contribution in [0.1, 0.15) is 33.2 Å². The summed E-state index contributed by atoms with van der Waals surface area (Å²) < 4.78 is 4.73. The summed E-state index contributed by atoms with van der Waals surface area (Å²) in [5.74, 6) is -1.55. The Morgan fingerprint density at radius 1 is 1.08 bits per heavy atom. The third-order valence-electron chi connectivity index (χ3n) is 3.97. The highest BCUT2D eigenvalue weighted by Crippen LogP contribution is 2.30. The second-order valence-corrected chi connectivity index (χ2v) is 5.65. The van der Waals surface area contributed by atoms with Crippen molar-refractivity contribution in [1.82, 2.24) is 4.98 Å². The van der Waals surface area contributed by atoms with Gasteiger partial charge in [-0.3, -0.25) is 4.99 Å². The molecule has 0 atom stereocenters. The predicted octanol–water partition coefficient (Wildman–Crippen LogP) is 3.50. The minimum absolute atomic E-state index is 0.0644. The quantitative estimate of drug-likeness (QED) is 0.491. The first-order chi connectivity index (χ1) is 12.4. The third-order valence-corrected chi connectivity index (χ3v) is 3.97. The molecule has 1 heterocycles. The van der Waals surface area contributed by atoms with Gasteiger partial charge < -0.3 is 19.9 Å². The summed E-state index contributed by atoms with van der Waals surface area (Å²) in [6.07, 6.45) is 0. The highest BCUT2D eigenvalue weighted by Gasteiger charge is 2.16. The number of carboxylic acid groups (broad SMARTS) is 1. The fourth-order valence-electron chi connectivity index (χ4n) is 2.72. The number of fused-ring (bicyclic) bond motifs is 1. The number of rotatable bonds is 4. The highest BCUT2D eigenvalue weighted by atomic mass is 16.5. The summed E-state index contributed by atoms with van der Waals surface area (Å²) in [5, 5.41) is 19.8. The van der Waals surface area contributed by atoms with Gasteiger partial charge in [0.15, 0.2) is 5.88 Å². The van der Waals surface area contributed by atoms with Crippen LogP contribution in [0.25, 0.3) is 10.9 Å². The Balaban J connectivity index is 2.06. The molecular weight excluding hydrogens is 336 g/mol. The van der Waals surface area contributed by atoms with Gasteiger partial charge in [0.25, 0.3) is 0 Å². The lowest BCUT2D eigenvalue weighted by Crippen LogP contribution is -2.01. The van der Waals surface area contributed by atoms with Crippen molar-refractivity contribution in [3.63, 3.8) is 0 Å². The average Bonchev–Trinajstić information content (AvgIpc) is 2.96. The lowest BCUT2D eigenvalue weighted by molar-refractivity contribution is 0.0600. The van der Waals surface area contributed by atoms with Crippen LogP contribution in [0.4, 0.5) is 5.69 Å². The number of carbonyl (C=O) groups excluding carboxylic acids is 1. The smallest absolute Gasteiger partial charge is 0.337 e. The zero-order valence-electron chi connectivity index (χ0n) is 14.1. The van der Waals surface area contributed by atoms with Crippen LogP contribution in [0.5, 0.6) is 5.88 Å². The first-order valence-electron chi connectivity index (χ1n) is 7.72. The molecule has 0 saturated heterocycles. The molecule has 0 unspecified atom stereocenters. The molecule has 1 aromatic heterocycles. The number of aromatic nitrogens is 1. The van der Waals surface area contributed by atoms with Crippen molar-refractivity contribution in [1.29, 1.82) is 0 Å². The molecule has 0 radical (unpaired) electrons. The van der Waals surface area contributed by atoms with Crippen LogP contribution in [0.3, 0.4) is 0 Å². The number of esters is 1. The lowest BCUT2D eigenvalue weighted by atomic mass is 10.1. The SMILES string of the molecule is COC(=O)c1ccc2[nH]c(O)c(C(C)=Nc3ccc(C(=O)O)cc3)c2c1. The number of nitrogens with one attached hydrogen (secondary N) is 1. The van der Waals surface area contributed by atoms with Gasteiger partial charge in [0.2, 0.25) is 0 Å². The molecule has 0 aliphatic rings. The van der Waals surface area contributed by atoms with Gasteiger partial charge in [-0.1, -0.05) is 0 Å². The maximum absolute atomic E-state index is 11.7. The zero-order chi connectivity index (χ0) is 18.8. The first kappa shape index (κ1) is 17.2. The van der Waals surface area contributed by atoms with Gasteiger partial charge in [0.05, 0.1) is 35.2 Å². The number of ether oxygens (including phenoxy) is 1. The summed E-state index contributed by atoms with van der Waals surface area (Å²) in [4.78, 5) is 29.9. The number of hydrogen-bond donors (Lipinski definition) is 3. The van der Waals surface area contributed by atoms with Gasteiger partial charge in [-0.25, -0.2) is 9.59 Å². The van der Waals surface area contributed by atoms with E-state index in [4.69, 9.17) is 9.84 Å². The van der Waals surface area contributed by atoms with Crippen LogP contribution in [0.15, 0.2) is 47.5 Å². The van der Waals surface area contributed by atoms with E-state index in [0.717, 1.165) is 0 Å². The molecule has 2 aromatic carbocycles. The van der Waals surface area contributed by atoms with E-state index in [1.54, 1.807) is 37.3 Å². The Bertz CT molecular complexity index is 1030. The fourth-order valence-corrected chi connectivity index (χ4v) is 2.72. The van der Waals surface area contributed by atoms with Crippen LogP contribution in [-0.2, 0) is 4.74 Å². The van der Waals surface area contributed by atoms with Crippen molar-refractivity contribution < 1.29 is 24.5 Å². The fraction of sp³-hybridized carbons (Fsp3) is 0.105. The number of carboxylic acids is 1.